The van der Waals surface area contributed by atoms with Crippen molar-refractivity contribution in [3.8, 4) is 0 Å². The number of aryl methyl sites for hydroxylation is 1. The molecule has 100 valence electrons. The molecule has 2 amide bonds. The van der Waals surface area contributed by atoms with Gasteiger partial charge in [0.25, 0.3) is 0 Å². The molecule has 0 saturated carbocycles. The van der Waals surface area contributed by atoms with Gasteiger partial charge in [0, 0.05) is 44.9 Å². The number of amides is 2. The number of rotatable bonds is 7. The van der Waals surface area contributed by atoms with Crippen LogP contribution in [-0.2, 0) is 16.1 Å². The topological polar surface area (TPSA) is 76.0 Å². The van der Waals surface area contributed by atoms with Gasteiger partial charge >= 0.3 is 0 Å². The second kappa shape index (κ2) is 7.47. The van der Waals surface area contributed by atoms with Gasteiger partial charge in [0.15, 0.2) is 0 Å². The molecule has 0 fully saturated rings. The lowest BCUT2D eigenvalue weighted by molar-refractivity contribution is -0.129. The Morgan fingerprint density at radius 1 is 1.44 bits per heavy atom. The van der Waals surface area contributed by atoms with Crippen LogP contribution in [-0.4, -0.2) is 35.0 Å². The summed E-state index contributed by atoms with van der Waals surface area (Å²) in [7, 11) is 1.57. The Morgan fingerprint density at radius 3 is 2.83 bits per heavy atom. The Labute approximate surface area is 107 Å². The molecule has 0 aliphatic carbocycles. The molecule has 6 heteroatoms. The highest BCUT2D eigenvalue weighted by Crippen LogP contribution is 2.01. The van der Waals surface area contributed by atoms with Crippen molar-refractivity contribution in [1.29, 1.82) is 0 Å². The molecule has 0 bridgehead atoms. The normalized spacial score (nSPS) is 11.9. The zero-order chi connectivity index (χ0) is 13.4. The van der Waals surface area contributed by atoms with Gasteiger partial charge in [-0.15, -0.1) is 0 Å². The molecule has 0 spiro atoms. The predicted molar refractivity (Wildman–Crippen MR) is 67.7 cm³/mol. The van der Waals surface area contributed by atoms with Crippen molar-refractivity contribution in [2.45, 2.75) is 26.3 Å². The first-order chi connectivity index (χ1) is 8.63. The molecule has 1 aromatic rings. The summed E-state index contributed by atoms with van der Waals surface area (Å²) < 4.78 is 1.96. The average Bonchev–Trinajstić information content (AvgIpc) is 2.87. The Kier molecular flexibility index (Phi) is 5.90. The maximum Gasteiger partial charge on any atom is 0.223 e. The fourth-order valence-electron chi connectivity index (χ4n) is 1.54. The molecule has 18 heavy (non-hydrogen) atoms. The van der Waals surface area contributed by atoms with Crippen LogP contribution in [0.25, 0.3) is 0 Å². The third-order valence-electron chi connectivity index (χ3n) is 2.67. The first-order valence-corrected chi connectivity index (χ1v) is 6.07. The lowest BCUT2D eigenvalue weighted by Gasteiger charge is -2.11. The van der Waals surface area contributed by atoms with E-state index < -0.39 is 0 Å². The molecule has 0 aliphatic heterocycles. The van der Waals surface area contributed by atoms with E-state index in [0.29, 0.717) is 6.54 Å². The van der Waals surface area contributed by atoms with E-state index in [1.807, 2.05) is 10.8 Å². The molecule has 1 rings (SSSR count). The highest BCUT2D eigenvalue weighted by Gasteiger charge is 2.15. The van der Waals surface area contributed by atoms with Gasteiger partial charge in [-0.05, 0) is 6.42 Å². The Balaban J connectivity index is 2.14. The first-order valence-electron chi connectivity index (χ1n) is 6.07. The number of hydrogen-bond donors (Lipinski definition) is 2. The molecule has 2 N–H and O–H groups in total. The van der Waals surface area contributed by atoms with Crippen LogP contribution in [0.5, 0.6) is 0 Å². The number of nitrogens with one attached hydrogen (secondary N) is 2. The lowest BCUT2D eigenvalue weighted by Crippen LogP contribution is -2.33. The van der Waals surface area contributed by atoms with Crippen LogP contribution < -0.4 is 10.6 Å². The Morgan fingerprint density at radius 2 is 2.22 bits per heavy atom. The summed E-state index contributed by atoms with van der Waals surface area (Å²) >= 11 is 0. The van der Waals surface area contributed by atoms with Crippen molar-refractivity contribution in [2.75, 3.05) is 13.6 Å². The Bertz CT molecular complexity index is 375. The molecule has 1 atom stereocenters. The van der Waals surface area contributed by atoms with E-state index >= 15 is 0 Å². The summed E-state index contributed by atoms with van der Waals surface area (Å²) in [6, 6.07) is 0. The summed E-state index contributed by atoms with van der Waals surface area (Å²) in [5, 5.41) is 5.33. The zero-order valence-electron chi connectivity index (χ0n) is 10.8. The predicted octanol–water partition coefficient (Wildman–Crippen LogP) is 0.162. The number of aromatic nitrogens is 2. The second-order valence-electron chi connectivity index (χ2n) is 4.22. The number of hydrogen-bond acceptors (Lipinski definition) is 3. The van der Waals surface area contributed by atoms with E-state index in [1.165, 1.54) is 0 Å². The van der Waals surface area contributed by atoms with E-state index in [0.717, 1.165) is 13.0 Å². The maximum atomic E-state index is 11.6. The quantitative estimate of drug-likeness (QED) is 0.679. The summed E-state index contributed by atoms with van der Waals surface area (Å²) in [6.45, 7) is 3.18. The fraction of sp³-hybridized carbons (Fsp3) is 0.583. The molecule has 1 heterocycles. The van der Waals surface area contributed by atoms with E-state index in [4.69, 9.17) is 0 Å². The van der Waals surface area contributed by atoms with Crippen LogP contribution in [0, 0.1) is 5.92 Å². The number of carbonyl (C=O) groups is 2. The van der Waals surface area contributed by atoms with Crippen LogP contribution in [0.3, 0.4) is 0 Å². The second-order valence-corrected chi connectivity index (χ2v) is 4.22. The van der Waals surface area contributed by atoms with Crippen molar-refractivity contribution in [1.82, 2.24) is 20.2 Å². The van der Waals surface area contributed by atoms with Gasteiger partial charge in [0.1, 0.15) is 0 Å². The van der Waals surface area contributed by atoms with Crippen molar-refractivity contribution in [3.63, 3.8) is 0 Å². The molecule has 1 aromatic heterocycles. The highest BCUT2D eigenvalue weighted by atomic mass is 16.2. The molecule has 0 aromatic carbocycles. The van der Waals surface area contributed by atoms with E-state index in [9.17, 15) is 9.59 Å². The number of imidazole rings is 1. The van der Waals surface area contributed by atoms with Crippen LogP contribution in [0.4, 0.5) is 0 Å². The van der Waals surface area contributed by atoms with Crippen LogP contribution >= 0.6 is 0 Å². The summed E-state index contributed by atoms with van der Waals surface area (Å²) in [4.78, 5) is 26.7. The molecule has 1 unspecified atom stereocenters. The van der Waals surface area contributed by atoms with Crippen molar-refractivity contribution >= 4 is 11.8 Å². The fourth-order valence-corrected chi connectivity index (χ4v) is 1.54. The average molecular weight is 252 g/mol. The highest BCUT2D eigenvalue weighted by molar-refractivity contribution is 5.85. The van der Waals surface area contributed by atoms with Crippen LogP contribution in [0.15, 0.2) is 18.7 Å². The molecular formula is C12H20N4O2. The van der Waals surface area contributed by atoms with Gasteiger partial charge in [0.2, 0.25) is 11.8 Å². The van der Waals surface area contributed by atoms with Gasteiger partial charge in [-0.3, -0.25) is 9.59 Å². The monoisotopic (exact) mass is 252 g/mol. The van der Waals surface area contributed by atoms with Gasteiger partial charge in [-0.1, -0.05) is 6.92 Å². The van der Waals surface area contributed by atoms with Gasteiger partial charge < -0.3 is 15.2 Å². The smallest absolute Gasteiger partial charge is 0.223 e. The number of nitrogens with zero attached hydrogens (tertiary/aromatic N) is 2. The molecular weight excluding hydrogens is 232 g/mol. The largest absolute Gasteiger partial charge is 0.359 e. The maximum absolute atomic E-state index is 11.6. The minimum atomic E-state index is -0.293. The summed E-state index contributed by atoms with van der Waals surface area (Å²) in [5.41, 5.74) is 0. The lowest BCUT2D eigenvalue weighted by atomic mass is 10.1. The van der Waals surface area contributed by atoms with E-state index in [-0.39, 0.29) is 24.2 Å². The van der Waals surface area contributed by atoms with Crippen LogP contribution in [0.2, 0.25) is 0 Å². The summed E-state index contributed by atoms with van der Waals surface area (Å²) in [6.07, 6.45) is 6.43. The van der Waals surface area contributed by atoms with Gasteiger partial charge in [-0.2, -0.15) is 0 Å². The minimum Gasteiger partial charge on any atom is -0.359 e. The molecule has 0 aliphatic rings. The number of carbonyl (C=O) groups excluding carboxylic acids is 2. The van der Waals surface area contributed by atoms with Crippen molar-refractivity contribution in [2.24, 2.45) is 5.92 Å². The standard InChI is InChI=1S/C12H20N4O2/c1-10(8-11(17)13-2)12(18)15-4-3-6-16-7-5-14-9-16/h5,7,9-10H,3-4,6,8H2,1-2H3,(H,13,17)(H,15,18). The minimum absolute atomic E-state index is 0.0794. The van der Waals surface area contributed by atoms with Crippen molar-refractivity contribution in [3.05, 3.63) is 18.7 Å². The molecule has 0 radical (unpaired) electrons. The van der Waals surface area contributed by atoms with Gasteiger partial charge in [0.05, 0.1) is 6.33 Å². The van der Waals surface area contributed by atoms with Crippen LogP contribution in [0.1, 0.15) is 19.8 Å². The van der Waals surface area contributed by atoms with E-state index in [1.54, 1.807) is 26.5 Å². The SMILES string of the molecule is CNC(=O)CC(C)C(=O)NCCCn1ccnc1. The zero-order valence-corrected chi connectivity index (χ0v) is 10.8. The molecule has 6 nitrogen and oxygen atoms in total. The first kappa shape index (κ1) is 14.2. The summed E-state index contributed by atoms with van der Waals surface area (Å²) in [5.74, 6) is -0.488. The third-order valence-corrected chi connectivity index (χ3v) is 2.67. The Hall–Kier alpha value is -1.85. The molecule has 0 saturated heterocycles. The van der Waals surface area contributed by atoms with Gasteiger partial charge in [-0.25, -0.2) is 4.98 Å². The van der Waals surface area contributed by atoms with E-state index in [2.05, 4.69) is 15.6 Å². The third kappa shape index (κ3) is 4.99. The van der Waals surface area contributed by atoms with Crippen molar-refractivity contribution < 1.29 is 9.59 Å².